The number of nitrogens with zero attached hydrogens (tertiary/aromatic N) is 4. The van der Waals surface area contributed by atoms with Crippen LogP contribution >= 0.6 is 11.6 Å². The Balaban J connectivity index is 1.85. The molecule has 0 radical (unpaired) electrons. The summed E-state index contributed by atoms with van der Waals surface area (Å²) in [5, 5.41) is 12.3. The number of hydrogen-bond donors (Lipinski definition) is 1. The Morgan fingerprint density at radius 1 is 1.50 bits per heavy atom. The molecule has 106 valence electrons. The molecule has 1 saturated carbocycles. The van der Waals surface area contributed by atoms with Crippen molar-refractivity contribution < 1.29 is 0 Å². The van der Waals surface area contributed by atoms with E-state index in [2.05, 4.69) is 15.5 Å². The molecule has 2 aromatic rings. The molecule has 0 atom stereocenters. The largest absolute Gasteiger partial charge is 0.381 e. The van der Waals surface area contributed by atoms with Gasteiger partial charge in [-0.15, -0.1) is 0 Å². The van der Waals surface area contributed by atoms with Gasteiger partial charge in [0.2, 0.25) is 0 Å². The van der Waals surface area contributed by atoms with Crippen LogP contribution < -0.4 is 10.9 Å². The Bertz CT molecular complexity index is 701. The Morgan fingerprint density at radius 2 is 2.25 bits per heavy atom. The Labute approximate surface area is 121 Å². The van der Waals surface area contributed by atoms with Crippen LogP contribution in [0.4, 0.5) is 5.69 Å². The van der Waals surface area contributed by atoms with Gasteiger partial charge in [-0.2, -0.15) is 10.2 Å². The lowest BCUT2D eigenvalue weighted by molar-refractivity contribution is 0.591. The first-order valence-electron chi connectivity index (χ1n) is 6.56. The predicted octanol–water partition coefficient (Wildman–Crippen LogP) is 1.56. The highest BCUT2D eigenvalue weighted by Crippen LogP contribution is 2.23. The fourth-order valence-corrected chi connectivity index (χ4v) is 2.31. The van der Waals surface area contributed by atoms with E-state index in [0.29, 0.717) is 17.6 Å². The summed E-state index contributed by atoms with van der Waals surface area (Å²) in [6.45, 7) is 2.16. The molecule has 1 fully saturated rings. The molecule has 0 spiro atoms. The second kappa shape index (κ2) is 4.94. The zero-order valence-corrected chi connectivity index (χ0v) is 12.2. The van der Waals surface area contributed by atoms with Gasteiger partial charge in [-0.3, -0.25) is 9.48 Å². The van der Waals surface area contributed by atoms with Crippen LogP contribution in [-0.2, 0) is 13.6 Å². The minimum absolute atomic E-state index is 0.148. The number of aryl methyl sites for hydroxylation is 2. The topological polar surface area (TPSA) is 64.7 Å². The van der Waals surface area contributed by atoms with Crippen molar-refractivity contribution in [3.05, 3.63) is 39.0 Å². The lowest BCUT2D eigenvalue weighted by Crippen LogP contribution is -2.24. The van der Waals surface area contributed by atoms with Crippen LogP contribution in [0, 0.1) is 6.92 Å². The molecule has 20 heavy (non-hydrogen) atoms. The molecule has 1 aliphatic carbocycles. The number of anilines is 1. The minimum atomic E-state index is -0.148. The quantitative estimate of drug-likeness (QED) is 0.929. The van der Waals surface area contributed by atoms with Crippen molar-refractivity contribution >= 4 is 17.3 Å². The van der Waals surface area contributed by atoms with Crippen LogP contribution in [0.3, 0.4) is 0 Å². The van der Waals surface area contributed by atoms with Crippen molar-refractivity contribution in [3.8, 4) is 0 Å². The Hall–Kier alpha value is -1.82. The zero-order chi connectivity index (χ0) is 14.3. The molecule has 0 bridgehead atoms. The van der Waals surface area contributed by atoms with E-state index < -0.39 is 0 Å². The van der Waals surface area contributed by atoms with E-state index in [1.165, 1.54) is 4.68 Å². The summed E-state index contributed by atoms with van der Waals surface area (Å²) in [5.74, 6) is 0. The van der Waals surface area contributed by atoms with Crippen molar-refractivity contribution in [1.82, 2.24) is 19.6 Å². The average Bonchev–Trinajstić information content (AvgIpc) is 3.16. The van der Waals surface area contributed by atoms with Crippen molar-refractivity contribution in [1.29, 1.82) is 0 Å². The highest BCUT2D eigenvalue weighted by Gasteiger charge is 2.21. The van der Waals surface area contributed by atoms with E-state index in [0.717, 1.165) is 29.9 Å². The summed E-state index contributed by atoms with van der Waals surface area (Å²) in [4.78, 5) is 12.1. The number of rotatable bonds is 4. The Morgan fingerprint density at radius 3 is 2.80 bits per heavy atom. The second-order valence-electron chi connectivity index (χ2n) is 5.13. The first-order chi connectivity index (χ1) is 9.54. The van der Waals surface area contributed by atoms with Crippen molar-refractivity contribution in [2.45, 2.75) is 32.4 Å². The molecule has 3 rings (SSSR count). The van der Waals surface area contributed by atoms with Gasteiger partial charge in [0, 0.05) is 19.2 Å². The molecule has 0 saturated heterocycles. The highest BCUT2D eigenvalue weighted by molar-refractivity contribution is 6.31. The summed E-state index contributed by atoms with van der Waals surface area (Å²) in [6, 6.07) is 2.07. The maximum absolute atomic E-state index is 12.1. The molecular formula is C13H16ClN5O. The number of halogens is 1. The van der Waals surface area contributed by atoms with Gasteiger partial charge in [0.15, 0.2) is 0 Å². The van der Waals surface area contributed by atoms with Gasteiger partial charge in [-0.05, 0) is 19.8 Å². The number of hydrogen-bond acceptors (Lipinski definition) is 4. The van der Waals surface area contributed by atoms with Gasteiger partial charge in [-0.1, -0.05) is 11.6 Å². The fourth-order valence-electron chi connectivity index (χ4n) is 2.09. The third-order valence-electron chi connectivity index (χ3n) is 3.38. The van der Waals surface area contributed by atoms with E-state index >= 15 is 0 Å². The molecule has 7 heteroatoms. The van der Waals surface area contributed by atoms with Crippen LogP contribution in [0.15, 0.2) is 17.1 Å². The third kappa shape index (κ3) is 2.56. The lowest BCUT2D eigenvalue weighted by atomic mass is 10.3. The molecule has 0 aromatic carbocycles. The van der Waals surface area contributed by atoms with Crippen molar-refractivity contribution in [2.24, 2.45) is 7.05 Å². The van der Waals surface area contributed by atoms with E-state index in [-0.39, 0.29) is 5.56 Å². The van der Waals surface area contributed by atoms with E-state index in [1.807, 2.05) is 14.0 Å². The Kier molecular flexibility index (Phi) is 3.25. The van der Waals surface area contributed by atoms with Gasteiger partial charge in [0.25, 0.3) is 5.56 Å². The minimum Gasteiger partial charge on any atom is -0.381 e. The van der Waals surface area contributed by atoms with Gasteiger partial charge in [-0.25, -0.2) is 4.68 Å². The molecule has 2 heterocycles. The van der Waals surface area contributed by atoms with Crippen LogP contribution in [0.2, 0.25) is 5.02 Å². The SMILES string of the molecule is Cc1nn(C)c(Cn2ncc(NC3CC3)cc2=O)c1Cl. The van der Waals surface area contributed by atoms with Crippen molar-refractivity contribution in [2.75, 3.05) is 5.32 Å². The normalized spacial score (nSPS) is 14.6. The van der Waals surface area contributed by atoms with Crippen LogP contribution in [-0.4, -0.2) is 25.6 Å². The molecule has 1 aliphatic rings. The molecule has 0 unspecified atom stereocenters. The predicted molar refractivity (Wildman–Crippen MR) is 77.2 cm³/mol. The molecule has 0 aliphatic heterocycles. The average molecular weight is 294 g/mol. The lowest BCUT2D eigenvalue weighted by Gasteiger charge is -2.08. The van der Waals surface area contributed by atoms with E-state index in [1.54, 1.807) is 16.9 Å². The first kappa shape index (κ1) is 13.2. The van der Waals surface area contributed by atoms with E-state index in [4.69, 9.17) is 11.6 Å². The van der Waals surface area contributed by atoms with E-state index in [9.17, 15) is 4.79 Å². The standard InChI is InChI=1S/C13H16ClN5O/c1-8-13(14)11(18(2)17-8)7-19-12(20)5-10(6-15-19)16-9-3-4-9/h5-6,9,16H,3-4,7H2,1-2H3. The first-order valence-corrected chi connectivity index (χ1v) is 6.94. The van der Waals surface area contributed by atoms with Crippen LogP contribution in [0.5, 0.6) is 0 Å². The summed E-state index contributed by atoms with van der Waals surface area (Å²) in [6.07, 6.45) is 4.00. The summed E-state index contributed by atoms with van der Waals surface area (Å²) in [5.41, 5.74) is 2.16. The number of aromatic nitrogens is 4. The van der Waals surface area contributed by atoms with Crippen LogP contribution in [0.25, 0.3) is 0 Å². The molecular weight excluding hydrogens is 278 g/mol. The fraction of sp³-hybridized carbons (Fsp3) is 0.462. The monoisotopic (exact) mass is 293 g/mol. The summed E-state index contributed by atoms with van der Waals surface area (Å²) < 4.78 is 3.07. The van der Waals surface area contributed by atoms with Crippen molar-refractivity contribution in [3.63, 3.8) is 0 Å². The van der Waals surface area contributed by atoms with Gasteiger partial charge < -0.3 is 5.32 Å². The third-order valence-corrected chi connectivity index (χ3v) is 3.87. The second-order valence-corrected chi connectivity index (χ2v) is 5.51. The maximum atomic E-state index is 12.1. The summed E-state index contributed by atoms with van der Waals surface area (Å²) in [7, 11) is 1.81. The summed E-state index contributed by atoms with van der Waals surface area (Å²) >= 11 is 6.19. The van der Waals surface area contributed by atoms with Gasteiger partial charge >= 0.3 is 0 Å². The molecule has 1 N–H and O–H groups in total. The molecule has 0 amide bonds. The zero-order valence-electron chi connectivity index (χ0n) is 11.4. The smallest absolute Gasteiger partial charge is 0.269 e. The maximum Gasteiger partial charge on any atom is 0.269 e. The van der Waals surface area contributed by atoms with Gasteiger partial charge in [0.1, 0.15) is 0 Å². The molecule has 2 aromatic heterocycles. The number of nitrogens with one attached hydrogen (secondary N) is 1. The van der Waals surface area contributed by atoms with Gasteiger partial charge in [0.05, 0.1) is 34.8 Å². The van der Waals surface area contributed by atoms with Crippen LogP contribution in [0.1, 0.15) is 24.2 Å². The highest BCUT2D eigenvalue weighted by atomic mass is 35.5. The molecule has 6 nitrogen and oxygen atoms in total.